The molecule has 182 valence electrons. The Bertz CT molecular complexity index is 1040. The van der Waals surface area contributed by atoms with Gasteiger partial charge in [0, 0.05) is 50.4 Å². The van der Waals surface area contributed by atoms with E-state index in [4.69, 9.17) is 9.47 Å². The van der Waals surface area contributed by atoms with E-state index in [0.717, 1.165) is 5.56 Å². The van der Waals surface area contributed by atoms with Gasteiger partial charge in [-0.15, -0.1) is 0 Å². The predicted octanol–water partition coefficient (Wildman–Crippen LogP) is 4.01. The maximum absolute atomic E-state index is 13.8. The van der Waals surface area contributed by atoms with Crippen LogP contribution >= 0.6 is 0 Å². The van der Waals surface area contributed by atoms with Crippen LogP contribution in [0.2, 0.25) is 0 Å². The highest BCUT2D eigenvalue weighted by molar-refractivity contribution is 5.80. The third-order valence-electron chi connectivity index (χ3n) is 6.70. The van der Waals surface area contributed by atoms with Gasteiger partial charge >= 0.3 is 0 Å². The molecule has 2 heterocycles. The summed E-state index contributed by atoms with van der Waals surface area (Å²) in [6, 6.07) is 10.8. The minimum atomic E-state index is -0.533. The lowest BCUT2D eigenvalue weighted by Gasteiger charge is -2.34. The van der Waals surface area contributed by atoms with Crippen LogP contribution in [0, 0.1) is 11.6 Å². The molecule has 0 aromatic heterocycles. The van der Waals surface area contributed by atoms with E-state index in [1.165, 1.54) is 25.3 Å². The Morgan fingerprint density at radius 1 is 1.18 bits per heavy atom. The molecule has 2 aromatic rings. The van der Waals surface area contributed by atoms with E-state index in [1.54, 1.807) is 24.3 Å². The van der Waals surface area contributed by atoms with E-state index >= 15 is 0 Å². The van der Waals surface area contributed by atoms with Crippen molar-refractivity contribution >= 4 is 11.8 Å². The SMILES string of the molecule is COc1cc(C[C@@]2(CCC(=O)N3CCC(Oc4cccc(F)c4)CC3)CCC(=O)N2)ccc1F. The lowest BCUT2D eigenvalue weighted by molar-refractivity contribution is -0.133. The number of methoxy groups -OCH3 is 1. The fraction of sp³-hybridized carbons (Fsp3) is 0.462. The van der Waals surface area contributed by atoms with Crippen molar-refractivity contribution in [2.24, 2.45) is 0 Å². The summed E-state index contributed by atoms with van der Waals surface area (Å²) < 4.78 is 38.1. The van der Waals surface area contributed by atoms with E-state index < -0.39 is 11.4 Å². The van der Waals surface area contributed by atoms with Crippen molar-refractivity contribution in [1.29, 1.82) is 0 Å². The number of halogens is 2. The summed E-state index contributed by atoms with van der Waals surface area (Å²) in [5.41, 5.74) is 0.317. The van der Waals surface area contributed by atoms with Gasteiger partial charge < -0.3 is 19.7 Å². The normalized spacial score (nSPS) is 20.8. The molecule has 0 radical (unpaired) electrons. The number of hydrogen-bond donors (Lipinski definition) is 1. The lowest BCUT2D eigenvalue weighted by atomic mass is 9.84. The van der Waals surface area contributed by atoms with Crippen molar-refractivity contribution in [1.82, 2.24) is 10.2 Å². The maximum Gasteiger partial charge on any atom is 0.222 e. The highest BCUT2D eigenvalue weighted by Gasteiger charge is 2.38. The van der Waals surface area contributed by atoms with Gasteiger partial charge in [-0.3, -0.25) is 9.59 Å². The number of ether oxygens (including phenoxy) is 2. The van der Waals surface area contributed by atoms with Crippen LogP contribution < -0.4 is 14.8 Å². The number of nitrogens with zero attached hydrogens (tertiary/aromatic N) is 1. The molecule has 4 rings (SSSR count). The Hall–Kier alpha value is -3.16. The average molecular weight is 473 g/mol. The van der Waals surface area contributed by atoms with Crippen molar-refractivity contribution in [2.45, 2.75) is 56.6 Å². The van der Waals surface area contributed by atoms with E-state index in [1.807, 2.05) is 4.90 Å². The standard InChI is InChI=1S/C26H30F2N2O4/c1-33-23-15-18(5-6-22(23)28)17-26(11-7-24(31)29-26)12-8-25(32)30-13-9-20(10-14-30)34-21-4-2-3-19(27)16-21/h2-6,15-16,20H,7-14,17H2,1H3,(H,29,31)/t26-/m0/s1. The largest absolute Gasteiger partial charge is 0.494 e. The summed E-state index contributed by atoms with van der Waals surface area (Å²) in [5.74, 6) is -0.0939. The molecule has 2 fully saturated rings. The van der Waals surface area contributed by atoms with Crippen LogP contribution in [0.3, 0.4) is 0 Å². The molecule has 2 aliphatic rings. The highest BCUT2D eigenvalue weighted by atomic mass is 19.1. The zero-order valence-electron chi connectivity index (χ0n) is 19.3. The van der Waals surface area contributed by atoms with Gasteiger partial charge in [0.2, 0.25) is 11.8 Å². The van der Waals surface area contributed by atoms with Gasteiger partial charge in [0.1, 0.15) is 17.7 Å². The minimum Gasteiger partial charge on any atom is -0.494 e. The van der Waals surface area contributed by atoms with Crippen molar-refractivity contribution in [2.75, 3.05) is 20.2 Å². The zero-order valence-corrected chi connectivity index (χ0v) is 19.3. The second kappa shape index (κ2) is 10.4. The number of amides is 2. The van der Waals surface area contributed by atoms with Gasteiger partial charge in [0.25, 0.3) is 0 Å². The highest BCUT2D eigenvalue weighted by Crippen LogP contribution is 2.32. The first-order valence-electron chi connectivity index (χ1n) is 11.7. The number of likely N-dealkylation sites (tertiary alicyclic amines) is 1. The number of carbonyl (C=O) groups excluding carboxylic acids is 2. The van der Waals surface area contributed by atoms with Gasteiger partial charge in [0.15, 0.2) is 11.6 Å². The van der Waals surface area contributed by atoms with Crippen LogP contribution in [0.25, 0.3) is 0 Å². The average Bonchev–Trinajstić information content (AvgIpc) is 3.19. The first-order chi connectivity index (χ1) is 16.4. The van der Waals surface area contributed by atoms with Gasteiger partial charge in [-0.05, 0) is 49.1 Å². The third kappa shape index (κ3) is 5.85. The van der Waals surface area contributed by atoms with Crippen molar-refractivity contribution in [3.63, 3.8) is 0 Å². The third-order valence-corrected chi connectivity index (χ3v) is 6.70. The fourth-order valence-electron chi connectivity index (χ4n) is 4.85. The van der Waals surface area contributed by atoms with Crippen molar-refractivity contribution in [3.05, 3.63) is 59.7 Å². The van der Waals surface area contributed by atoms with E-state index in [2.05, 4.69) is 5.32 Å². The number of nitrogens with one attached hydrogen (secondary N) is 1. The number of benzene rings is 2. The molecule has 1 atom stereocenters. The van der Waals surface area contributed by atoms with E-state index in [-0.39, 0.29) is 29.5 Å². The molecule has 0 spiro atoms. The van der Waals surface area contributed by atoms with Gasteiger partial charge in [-0.1, -0.05) is 12.1 Å². The molecule has 0 bridgehead atoms. The molecule has 34 heavy (non-hydrogen) atoms. The number of hydrogen-bond acceptors (Lipinski definition) is 4. The predicted molar refractivity (Wildman–Crippen MR) is 123 cm³/mol. The lowest BCUT2D eigenvalue weighted by Crippen LogP contribution is -2.46. The number of rotatable bonds is 8. The molecule has 1 N–H and O–H groups in total. The van der Waals surface area contributed by atoms with E-state index in [0.29, 0.717) is 63.8 Å². The van der Waals surface area contributed by atoms with Crippen LogP contribution in [0.1, 0.15) is 44.1 Å². The molecular weight excluding hydrogens is 442 g/mol. The van der Waals surface area contributed by atoms with Crippen LogP contribution in [-0.2, 0) is 16.0 Å². The van der Waals surface area contributed by atoms with Crippen LogP contribution in [0.15, 0.2) is 42.5 Å². The van der Waals surface area contributed by atoms with E-state index in [9.17, 15) is 18.4 Å². The fourth-order valence-corrected chi connectivity index (χ4v) is 4.85. The Morgan fingerprint density at radius 3 is 2.65 bits per heavy atom. The maximum atomic E-state index is 13.8. The van der Waals surface area contributed by atoms with Crippen molar-refractivity contribution in [3.8, 4) is 11.5 Å². The summed E-state index contributed by atoms with van der Waals surface area (Å²) in [6.07, 6.45) is 3.67. The van der Waals surface area contributed by atoms with Gasteiger partial charge in [-0.25, -0.2) is 8.78 Å². The number of piperidine rings is 1. The summed E-state index contributed by atoms with van der Waals surface area (Å²) in [4.78, 5) is 26.8. The van der Waals surface area contributed by atoms with Crippen LogP contribution in [0.5, 0.6) is 11.5 Å². The Morgan fingerprint density at radius 2 is 1.97 bits per heavy atom. The van der Waals surface area contributed by atoms with Crippen LogP contribution in [-0.4, -0.2) is 48.6 Å². The first-order valence-corrected chi connectivity index (χ1v) is 11.7. The minimum absolute atomic E-state index is 0.0307. The van der Waals surface area contributed by atoms with Gasteiger partial charge in [-0.2, -0.15) is 0 Å². The summed E-state index contributed by atoms with van der Waals surface area (Å²) >= 11 is 0. The molecule has 0 saturated carbocycles. The summed E-state index contributed by atoms with van der Waals surface area (Å²) in [5, 5.41) is 3.07. The first kappa shape index (κ1) is 24.0. The second-order valence-electron chi connectivity index (χ2n) is 9.13. The monoisotopic (exact) mass is 472 g/mol. The molecule has 0 unspecified atom stereocenters. The Labute approximate surface area is 198 Å². The van der Waals surface area contributed by atoms with Crippen molar-refractivity contribution < 1.29 is 27.8 Å². The Kier molecular flexibility index (Phi) is 7.34. The number of carbonyl (C=O) groups is 2. The smallest absolute Gasteiger partial charge is 0.222 e. The zero-order chi connectivity index (χ0) is 24.1. The summed E-state index contributed by atoms with van der Waals surface area (Å²) in [6.45, 7) is 1.15. The molecule has 2 saturated heterocycles. The molecule has 2 aromatic carbocycles. The molecule has 8 heteroatoms. The second-order valence-corrected chi connectivity index (χ2v) is 9.13. The van der Waals surface area contributed by atoms with Crippen LogP contribution in [0.4, 0.5) is 8.78 Å². The molecule has 0 aliphatic carbocycles. The van der Waals surface area contributed by atoms with Gasteiger partial charge in [0.05, 0.1) is 7.11 Å². The molecular formula is C26H30F2N2O4. The molecule has 2 aliphatic heterocycles. The quantitative estimate of drug-likeness (QED) is 0.630. The topological polar surface area (TPSA) is 67.9 Å². The summed E-state index contributed by atoms with van der Waals surface area (Å²) in [7, 11) is 1.42. The Balaban J connectivity index is 1.31. The molecule has 6 nitrogen and oxygen atoms in total. The molecule has 2 amide bonds.